The molecule has 0 bridgehead atoms. The predicted octanol–water partition coefficient (Wildman–Crippen LogP) is 1.37. The normalized spacial score (nSPS) is 19.3. The lowest BCUT2D eigenvalue weighted by atomic mass is 9.99. The van der Waals surface area contributed by atoms with E-state index in [4.69, 9.17) is 4.74 Å². The summed E-state index contributed by atoms with van der Waals surface area (Å²) in [6.45, 7) is 2.71. The van der Waals surface area contributed by atoms with Crippen LogP contribution in [0.2, 0.25) is 0 Å². The molecule has 1 fully saturated rings. The summed E-state index contributed by atoms with van der Waals surface area (Å²) in [6, 6.07) is 3.38. The largest absolute Gasteiger partial charge is 0.495 e. The monoisotopic (exact) mass is 344 g/mol. The highest BCUT2D eigenvalue weighted by Crippen LogP contribution is 2.30. The van der Waals surface area contributed by atoms with Gasteiger partial charge in [-0.15, -0.1) is 0 Å². The number of rotatable bonds is 5. The van der Waals surface area contributed by atoms with Crippen LogP contribution in [0.15, 0.2) is 23.1 Å². The van der Waals surface area contributed by atoms with Crippen LogP contribution >= 0.6 is 0 Å². The van der Waals surface area contributed by atoms with Crippen molar-refractivity contribution >= 4 is 15.9 Å². The fourth-order valence-electron chi connectivity index (χ4n) is 2.68. The molecular weight excluding hydrogens is 323 g/mol. The second-order valence-electron chi connectivity index (χ2n) is 5.39. The summed E-state index contributed by atoms with van der Waals surface area (Å²) in [5.41, 5.74) is 0. The SMILES string of the molecule is CCNC(=O)C1CCCN(S(=O)(=O)c2cc(F)ccc2OC)C1. The third-order valence-corrected chi connectivity index (χ3v) is 5.74. The Balaban J connectivity index is 2.29. The van der Waals surface area contributed by atoms with Crippen molar-refractivity contribution in [2.75, 3.05) is 26.7 Å². The van der Waals surface area contributed by atoms with Gasteiger partial charge in [0, 0.05) is 19.6 Å². The fraction of sp³-hybridized carbons (Fsp3) is 0.533. The maximum Gasteiger partial charge on any atom is 0.246 e. The van der Waals surface area contributed by atoms with Gasteiger partial charge in [-0.2, -0.15) is 4.31 Å². The van der Waals surface area contributed by atoms with Crippen LogP contribution in [-0.2, 0) is 14.8 Å². The van der Waals surface area contributed by atoms with Gasteiger partial charge in [0.1, 0.15) is 16.5 Å². The number of benzene rings is 1. The maximum absolute atomic E-state index is 13.5. The molecule has 1 aliphatic rings. The van der Waals surface area contributed by atoms with Crippen molar-refractivity contribution in [1.29, 1.82) is 0 Å². The minimum Gasteiger partial charge on any atom is -0.495 e. The minimum atomic E-state index is -3.92. The van der Waals surface area contributed by atoms with E-state index in [1.165, 1.54) is 17.5 Å². The summed E-state index contributed by atoms with van der Waals surface area (Å²) in [4.78, 5) is 11.8. The molecule has 1 aromatic rings. The van der Waals surface area contributed by atoms with Crippen LogP contribution in [0.25, 0.3) is 0 Å². The number of piperidine rings is 1. The predicted molar refractivity (Wildman–Crippen MR) is 83.1 cm³/mol. The molecule has 1 heterocycles. The molecule has 1 N–H and O–H groups in total. The smallest absolute Gasteiger partial charge is 0.246 e. The second kappa shape index (κ2) is 7.27. The van der Waals surface area contributed by atoms with E-state index < -0.39 is 21.8 Å². The third kappa shape index (κ3) is 3.81. The Kier molecular flexibility index (Phi) is 5.59. The summed E-state index contributed by atoms with van der Waals surface area (Å²) in [7, 11) is -2.59. The zero-order valence-corrected chi connectivity index (χ0v) is 14.0. The summed E-state index contributed by atoms with van der Waals surface area (Å²) in [6.07, 6.45) is 1.22. The number of halogens is 1. The lowest BCUT2D eigenvalue weighted by Gasteiger charge is -2.31. The number of sulfonamides is 1. The first kappa shape index (κ1) is 17.7. The molecule has 1 atom stereocenters. The Hall–Kier alpha value is -1.67. The van der Waals surface area contributed by atoms with E-state index in [1.807, 2.05) is 6.92 Å². The van der Waals surface area contributed by atoms with Gasteiger partial charge in [0.25, 0.3) is 0 Å². The van der Waals surface area contributed by atoms with Crippen molar-refractivity contribution in [3.63, 3.8) is 0 Å². The summed E-state index contributed by atoms with van der Waals surface area (Å²) in [5, 5.41) is 2.71. The summed E-state index contributed by atoms with van der Waals surface area (Å²) in [5.74, 6) is -1.11. The van der Waals surface area contributed by atoms with Gasteiger partial charge >= 0.3 is 0 Å². The van der Waals surface area contributed by atoms with Crippen LogP contribution < -0.4 is 10.1 Å². The van der Waals surface area contributed by atoms with E-state index in [2.05, 4.69) is 5.32 Å². The van der Waals surface area contributed by atoms with Crippen molar-refractivity contribution in [3.05, 3.63) is 24.0 Å². The highest BCUT2D eigenvalue weighted by atomic mass is 32.2. The lowest BCUT2D eigenvalue weighted by molar-refractivity contribution is -0.125. The first-order chi connectivity index (χ1) is 10.9. The van der Waals surface area contributed by atoms with Gasteiger partial charge in [-0.3, -0.25) is 4.79 Å². The zero-order valence-electron chi connectivity index (χ0n) is 13.2. The molecule has 0 aliphatic carbocycles. The number of ether oxygens (including phenoxy) is 1. The van der Waals surface area contributed by atoms with Gasteiger partial charge < -0.3 is 10.1 Å². The number of amides is 1. The Morgan fingerprint density at radius 3 is 2.87 bits per heavy atom. The Bertz CT molecular complexity index is 678. The van der Waals surface area contributed by atoms with E-state index in [-0.39, 0.29) is 23.1 Å². The third-order valence-electron chi connectivity index (χ3n) is 3.85. The topological polar surface area (TPSA) is 75.7 Å². The molecule has 1 aliphatic heterocycles. The number of nitrogens with one attached hydrogen (secondary N) is 1. The van der Waals surface area contributed by atoms with Crippen LogP contribution in [0.4, 0.5) is 4.39 Å². The lowest BCUT2D eigenvalue weighted by Crippen LogP contribution is -2.45. The zero-order chi connectivity index (χ0) is 17.0. The second-order valence-corrected chi connectivity index (χ2v) is 7.30. The number of carbonyl (C=O) groups is 1. The van der Waals surface area contributed by atoms with Crippen LogP contribution in [0.1, 0.15) is 19.8 Å². The molecule has 0 spiro atoms. The van der Waals surface area contributed by atoms with E-state index in [0.29, 0.717) is 25.9 Å². The molecule has 128 valence electrons. The average molecular weight is 344 g/mol. The van der Waals surface area contributed by atoms with E-state index >= 15 is 0 Å². The molecule has 2 rings (SSSR count). The van der Waals surface area contributed by atoms with E-state index in [9.17, 15) is 17.6 Å². The highest BCUT2D eigenvalue weighted by Gasteiger charge is 2.34. The molecule has 1 unspecified atom stereocenters. The van der Waals surface area contributed by atoms with E-state index in [0.717, 1.165) is 12.1 Å². The Morgan fingerprint density at radius 2 is 2.22 bits per heavy atom. The molecule has 0 saturated carbocycles. The highest BCUT2D eigenvalue weighted by molar-refractivity contribution is 7.89. The average Bonchev–Trinajstić information content (AvgIpc) is 2.55. The molecule has 1 amide bonds. The van der Waals surface area contributed by atoms with Crippen molar-refractivity contribution in [3.8, 4) is 5.75 Å². The molecule has 23 heavy (non-hydrogen) atoms. The molecule has 0 radical (unpaired) electrons. The van der Waals surface area contributed by atoms with Crippen LogP contribution in [0.5, 0.6) is 5.75 Å². The number of hydrogen-bond donors (Lipinski definition) is 1. The van der Waals surface area contributed by atoms with Gasteiger partial charge in [-0.1, -0.05) is 0 Å². The number of carbonyl (C=O) groups excluding carboxylic acids is 1. The Labute approximate surface area is 135 Å². The van der Waals surface area contributed by atoms with E-state index in [1.54, 1.807) is 0 Å². The van der Waals surface area contributed by atoms with Gasteiger partial charge in [0.15, 0.2) is 0 Å². The van der Waals surface area contributed by atoms with Gasteiger partial charge in [-0.05, 0) is 38.0 Å². The Morgan fingerprint density at radius 1 is 1.48 bits per heavy atom. The van der Waals surface area contributed by atoms with Crippen molar-refractivity contribution < 1.29 is 22.3 Å². The first-order valence-corrected chi connectivity index (χ1v) is 8.95. The van der Waals surface area contributed by atoms with Gasteiger partial charge in [-0.25, -0.2) is 12.8 Å². The number of methoxy groups -OCH3 is 1. The quantitative estimate of drug-likeness (QED) is 0.875. The number of hydrogen-bond acceptors (Lipinski definition) is 4. The summed E-state index contributed by atoms with van der Waals surface area (Å²) >= 11 is 0. The van der Waals surface area contributed by atoms with Gasteiger partial charge in [0.2, 0.25) is 15.9 Å². The summed E-state index contributed by atoms with van der Waals surface area (Å²) < 4.78 is 45.3. The van der Waals surface area contributed by atoms with Crippen molar-refractivity contribution in [2.24, 2.45) is 5.92 Å². The molecule has 1 saturated heterocycles. The molecule has 1 aromatic carbocycles. The molecule has 6 nitrogen and oxygen atoms in total. The molecule has 0 aromatic heterocycles. The standard InChI is InChI=1S/C15H21FN2O4S/c1-3-17-15(19)11-5-4-8-18(10-11)23(20,21)14-9-12(16)6-7-13(14)22-2/h6-7,9,11H,3-5,8,10H2,1-2H3,(H,17,19). The van der Waals surface area contributed by atoms with Crippen molar-refractivity contribution in [2.45, 2.75) is 24.7 Å². The molecule has 8 heteroatoms. The fourth-order valence-corrected chi connectivity index (χ4v) is 4.38. The van der Waals surface area contributed by atoms with Crippen molar-refractivity contribution in [1.82, 2.24) is 9.62 Å². The number of nitrogens with zero attached hydrogens (tertiary/aromatic N) is 1. The maximum atomic E-state index is 13.5. The van der Waals surface area contributed by atoms with Crippen LogP contribution in [0.3, 0.4) is 0 Å². The van der Waals surface area contributed by atoms with Gasteiger partial charge in [0.05, 0.1) is 13.0 Å². The minimum absolute atomic E-state index is 0.0894. The molecular formula is C15H21FN2O4S. The van der Waals surface area contributed by atoms with Crippen LogP contribution in [-0.4, -0.2) is 45.4 Å². The first-order valence-electron chi connectivity index (χ1n) is 7.51. The van der Waals surface area contributed by atoms with Crippen LogP contribution in [0, 0.1) is 11.7 Å².